The van der Waals surface area contributed by atoms with Crippen LogP contribution in [0.1, 0.15) is 5.82 Å². The lowest BCUT2D eigenvalue weighted by molar-refractivity contribution is 0.615. The first-order valence-electron chi connectivity index (χ1n) is 6.18. The van der Waals surface area contributed by atoms with Crippen LogP contribution in [0.15, 0.2) is 42.5 Å². The maximum Gasteiger partial charge on any atom is 0.147 e. The van der Waals surface area contributed by atoms with Crippen LogP contribution in [0, 0.1) is 11.6 Å². The molecule has 5 heteroatoms. The van der Waals surface area contributed by atoms with Crippen molar-refractivity contribution in [2.75, 3.05) is 5.88 Å². The molecule has 0 bridgehead atoms. The summed E-state index contributed by atoms with van der Waals surface area (Å²) in [5.74, 6) is 0.213. The van der Waals surface area contributed by atoms with Crippen molar-refractivity contribution >= 4 is 22.6 Å². The quantitative estimate of drug-likeness (QED) is 0.665. The molecule has 1 aromatic heterocycles. The summed E-state index contributed by atoms with van der Waals surface area (Å²) in [6.45, 7) is 0. The normalized spacial score (nSPS) is 11.2. The van der Waals surface area contributed by atoms with E-state index in [1.807, 2.05) is 0 Å². The number of aryl methyl sites for hydroxylation is 1. The summed E-state index contributed by atoms with van der Waals surface area (Å²) in [6, 6.07) is 10.6. The predicted molar refractivity (Wildman–Crippen MR) is 75.4 cm³/mol. The maximum atomic E-state index is 14.0. The molecule has 1 heterocycles. The molecule has 2 aromatic carbocycles. The van der Waals surface area contributed by atoms with E-state index < -0.39 is 0 Å². The highest BCUT2D eigenvalue weighted by Gasteiger charge is 2.15. The molecule has 0 radical (unpaired) electrons. The fraction of sp³-hybridized carbons (Fsp3) is 0.133. The SMILES string of the molecule is Fc1ccc2nc(CCCl)n(-c3ccccc3F)c2c1. The zero-order valence-electron chi connectivity index (χ0n) is 10.5. The van der Waals surface area contributed by atoms with Gasteiger partial charge in [0.05, 0.1) is 16.7 Å². The molecule has 0 aliphatic rings. The molecule has 0 N–H and O–H groups in total. The average molecular weight is 293 g/mol. The summed E-state index contributed by atoms with van der Waals surface area (Å²) < 4.78 is 29.1. The molecule has 0 unspecified atom stereocenters. The molecule has 0 spiro atoms. The summed E-state index contributed by atoms with van der Waals surface area (Å²) in [5, 5.41) is 0. The number of imidazole rings is 1. The number of halogens is 3. The van der Waals surface area contributed by atoms with Crippen molar-refractivity contribution in [2.45, 2.75) is 6.42 Å². The topological polar surface area (TPSA) is 17.8 Å². The van der Waals surface area contributed by atoms with Gasteiger partial charge in [-0.25, -0.2) is 13.8 Å². The van der Waals surface area contributed by atoms with Crippen LogP contribution in [0.3, 0.4) is 0 Å². The Hall–Kier alpha value is -1.94. The molecule has 3 aromatic rings. The molecule has 3 rings (SSSR count). The number of hydrogen-bond donors (Lipinski definition) is 0. The van der Waals surface area contributed by atoms with Gasteiger partial charge in [0.25, 0.3) is 0 Å². The van der Waals surface area contributed by atoms with Crippen LogP contribution in [0.2, 0.25) is 0 Å². The maximum absolute atomic E-state index is 14.0. The van der Waals surface area contributed by atoms with Gasteiger partial charge in [-0.3, -0.25) is 4.57 Å². The molecule has 20 heavy (non-hydrogen) atoms. The van der Waals surface area contributed by atoms with E-state index in [9.17, 15) is 8.78 Å². The van der Waals surface area contributed by atoms with Crippen LogP contribution < -0.4 is 0 Å². The Morgan fingerprint density at radius 1 is 1.10 bits per heavy atom. The van der Waals surface area contributed by atoms with E-state index in [1.54, 1.807) is 28.8 Å². The third kappa shape index (κ3) is 2.16. The number of alkyl halides is 1. The molecule has 2 nitrogen and oxygen atoms in total. The lowest BCUT2D eigenvalue weighted by Crippen LogP contribution is -2.04. The van der Waals surface area contributed by atoms with Crippen molar-refractivity contribution in [3.63, 3.8) is 0 Å². The van der Waals surface area contributed by atoms with E-state index in [2.05, 4.69) is 4.98 Å². The predicted octanol–water partition coefficient (Wildman–Crippen LogP) is 4.09. The number of benzene rings is 2. The Morgan fingerprint density at radius 3 is 2.65 bits per heavy atom. The molecule has 0 aliphatic heterocycles. The van der Waals surface area contributed by atoms with Gasteiger partial charge >= 0.3 is 0 Å². The van der Waals surface area contributed by atoms with Gasteiger partial charge in [-0.2, -0.15) is 0 Å². The van der Waals surface area contributed by atoms with Gasteiger partial charge in [0.1, 0.15) is 17.5 Å². The Bertz CT molecular complexity index is 768. The van der Waals surface area contributed by atoms with Gasteiger partial charge < -0.3 is 0 Å². The molecule has 0 aliphatic carbocycles. The van der Waals surface area contributed by atoms with Crippen LogP contribution >= 0.6 is 11.6 Å². The number of hydrogen-bond acceptors (Lipinski definition) is 1. The van der Waals surface area contributed by atoms with Gasteiger partial charge in [0, 0.05) is 18.4 Å². The van der Waals surface area contributed by atoms with E-state index in [0.29, 0.717) is 34.8 Å². The van der Waals surface area contributed by atoms with E-state index >= 15 is 0 Å². The van der Waals surface area contributed by atoms with E-state index in [4.69, 9.17) is 11.6 Å². The van der Waals surface area contributed by atoms with Gasteiger partial charge in [0.15, 0.2) is 0 Å². The van der Waals surface area contributed by atoms with Crippen molar-refractivity contribution < 1.29 is 8.78 Å². The lowest BCUT2D eigenvalue weighted by Gasteiger charge is -2.09. The van der Waals surface area contributed by atoms with Crippen LogP contribution in [0.5, 0.6) is 0 Å². The van der Waals surface area contributed by atoms with Gasteiger partial charge in [-0.15, -0.1) is 11.6 Å². The minimum Gasteiger partial charge on any atom is -0.293 e. The minimum absolute atomic E-state index is 0.348. The first kappa shape index (κ1) is 13.1. The van der Waals surface area contributed by atoms with E-state index in [1.165, 1.54) is 18.2 Å². The van der Waals surface area contributed by atoms with Crippen LogP contribution in [0.25, 0.3) is 16.7 Å². The highest BCUT2D eigenvalue weighted by atomic mass is 35.5. The van der Waals surface area contributed by atoms with Crippen molar-refractivity contribution in [3.05, 3.63) is 59.9 Å². The number of fused-ring (bicyclic) bond motifs is 1. The van der Waals surface area contributed by atoms with Crippen molar-refractivity contribution in [3.8, 4) is 5.69 Å². The Balaban J connectivity index is 2.34. The summed E-state index contributed by atoms with van der Waals surface area (Å²) >= 11 is 5.77. The zero-order chi connectivity index (χ0) is 14.1. The monoisotopic (exact) mass is 292 g/mol. The average Bonchev–Trinajstić information content (AvgIpc) is 2.77. The summed E-state index contributed by atoms with van der Waals surface area (Å²) in [4.78, 5) is 4.41. The molecule has 0 saturated carbocycles. The number of rotatable bonds is 3. The minimum atomic E-state index is -0.383. The third-order valence-electron chi connectivity index (χ3n) is 3.10. The van der Waals surface area contributed by atoms with Crippen LogP contribution in [-0.2, 0) is 6.42 Å². The summed E-state index contributed by atoms with van der Waals surface area (Å²) in [7, 11) is 0. The highest BCUT2D eigenvalue weighted by molar-refractivity contribution is 6.17. The van der Waals surface area contributed by atoms with Crippen LogP contribution in [0.4, 0.5) is 8.78 Å². The Kier molecular flexibility index (Phi) is 3.40. The Morgan fingerprint density at radius 2 is 1.90 bits per heavy atom. The fourth-order valence-electron chi connectivity index (χ4n) is 2.25. The van der Waals surface area contributed by atoms with E-state index in [-0.39, 0.29) is 11.6 Å². The third-order valence-corrected chi connectivity index (χ3v) is 3.29. The second kappa shape index (κ2) is 5.21. The Labute approximate surface area is 119 Å². The van der Waals surface area contributed by atoms with Gasteiger partial charge in [-0.05, 0) is 24.3 Å². The second-order valence-corrected chi connectivity index (χ2v) is 4.76. The molecular weight excluding hydrogens is 282 g/mol. The molecule has 0 fully saturated rings. The van der Waals surface area contributed by atoms with Crippen molar-refractivity contribution in [1.29, 1.82) is 0 Å². The molecular formula is C15H11ClF2N2. The van der Waals surface area contributed by atoms with Gasteiger partial charge in [0.2, 0.25) is 0 Å². The number of aromatic nitrogens is 2. The number of nitrogens with zero attached hydrogens (tertiary/aromatic N) is 2. The number of para-hydroxylation sites is 1. The fourth-order valence-corrected chi connectivity index (χ4v) is 2.42. The zero-order valence-corrected chi connectivity index (χ0v) is 11.2. The lowest BCUT2D eigenvalue weighted by atomic mass is 10.2. The largest absolute Gasteiger partial charge is 0.293 e. The molecule has 0 amide bonds. The van der Waals surface area contributed by atoms with Crippen molar-refractivity contribution in [2.24, 2.45) is 0 Å². The van der Waals surface area contributed by atoms with Crippen LogP contribution in [-0.4, -0.2) is 15.4 Å². The van der Waals surface area contributed by atoms with E-state index in [0.717, 1.165) is 0 Å². The molecule has 102 valence electrons. The first-order chi connectivity index (χ1) is 9.70. The molecule has 0 saturated heterocycles. The summed E-state index contributed by atoms with van der Waals surface area (Å²) in [6.07, 6.45) is 0.478. The second-order valence-electron chi connectivity index (χ2n) is 4.39. The van der Waals surface area contributed by atoms with Crippen molar-refractivity contribution in [1.82, 2.24) is 9.55 Å². The smallest absolute Gasteiger partial charge is 0.147 e. The molecule has 0 atom stereocenters. The highest BCUT2D eigenvalue weighted by Crippen LogP contribution is 2.24. The summed E-state index contributed by atoms with van der Waals surface area (Å²) in [5.41, 5.74) is 1.51. The van der Waals surface area contributed by atoms with Gasteiger partial charge in [-0.1, -0.05) is 12.1 Å². The first-order valence-corrected chi connectivity index (χ1v) is 6.72. The standard InChI is InChI=1S/C15H11ClF2N2/c16-8-7-15-19-12-6-5-10(17)9-14(12)20(15)13-4-2-1-3-11(13)18/h1-6,9H,7-8H2.